The first kappa shape index (κ1) is 19.6. The number of carbonyl (C=O) groups is 1. The zero-order valence-electron chi connectivity index (χ0n) is 16.9. The fraction of sp³-hybridized carbons (Fsp3) is 0.350. The molecule has 0 bridgehead atoms. The van der Waals surface area contributed by atoms with Crippen LogP contribution in [0.3, 0.4) is 0 Å². The monoisotopic (exact) mass is 410 g/mol. The smallest absolute Gasteiger partial charge is 0.407 e. The molecule has 30 heavy (non-hydrogen) atoms. The third kappa shape index (κ3) is 4.65. The van der Waals surface area contributed by atoms with Crippen molar-refractivity contribution < 1.29 is 18.8 Å². The summed E-state index contributed by atoms with van der Waals surface area (Å²) in [6.45, 7) is 6.57. The van der Waals surface area contributed by atoms with Gasteiger partial charge in [-0.3, -0.25) is 0 Å². The molecule has 4 rings (SSSR count). The number of nitrogens with zero attached hydrogens (tertiary/aromatic N) is 4. The Bertz CT molecular complexity index is 1030. The summed E-state index contributed by atoms with van der Waals surface area (Å²) in [6, 6.07) is 7.36. The first-order valence-electron chi connectivity index (χ1n) is 9.58. The highest BCUT2D eigenvalue weighted by Crippen LogP contribution is 2.25. The van der Waals surface area contributed by atoms with Crippen molar-refractivity contribution in [2.45, 2.75) is 32.9 Å². The van der Waals surface area contributed by atoms with Gasteiger partial charge in [0.2, 0.25) is 11.7 Å². The minimum atomic E-state index is -0.434. The highest BCUT2D eigenvalue weighted by Gasteiger charge is 2.22. The number of alkyl carbamates (subject to hydrolysis) is 1. The Balaban J connectivity index is 1.45. The molecule has 1 aliphatic rings. The number of aryl methyl sites for hydroxylation is 1. The van der Waals surface area contributed by atoms with Crippen molar-refractivity contribution in [3.8, 4) is 28.7 Å². The second-order valence-electron chi connectivity index (χ2n) is 7.24. The average molecular weight is 410 g/mol. The molecule has 10 nitrogen and oxygen atoms in total. The second-order valence-corrected chi connectivity index (χ2v) is 7.24. The number of cyclic esters (lactones) is 1. The molecule has 0 aromatic carbocycles. The molecule has 3 aromatic heterocycles. The van der Waals surface area contributed by atoms with Crippen molar-refractivity contribution in [1.82, 2.24) is 25.4 Å². The van der Waals surface area contributed by atoms with Crippen LogP contribution in [0.5, 0.6) is 5.88 Å². The van der Waals surface area contributed by atoms with E-state index in [1.54, 1.807) is 18.3 Å². The first-order valence-corrected chi connectivity index (χ1v) is 9.58. The van der Waals surface area contributed by atoms with Crippen LogP contribution in [0.2, 0.25) is 0 Å². The molecule has 10 heteroatoms. The molecule has 156 valence electrons. The summed E-state index contributed by atoms with van der Waals surface area (Å²) in [5.41, 5.74) is 2.33. The van der Waals surface area contributed by atoms with Gasteiger partial charge in [-0.05, 0) is 39.0 Å². The number of hydrogen-bond acceptors (Lipinski definition) is 9. The molecule has 4 heterocycles. The zero-order chi connectivity index (χ0) is 21.1. The third-order valence-corrected chi connectivity index (χ3v) is 4.23. The van der Waals surface area contributed by atoms with Gasteiger partial charge in [-0.2, -0.15) is 4.98 Å². The first-order chi connectivity index (χ1) is 14.5. The van der Waals surface area contributed by atoms with E-state index in [-0.39, 0.29) is 25.3 Å². The van der Waals surface area contributed by atoms with Gasteiger partial charge in [0.15, 0.2) is 0 Å². The van der Waals surface area contributed by atoms with E-state index >= 15 is 0 Å². The van der Waals surface area contributed by atoms with Gasteiger partial charge < -0.3 is 24.6 Å². The summed E-state index contributed by atoms with van der Waals surface area (Å²) in [7, 11) is 0. The number of pyridine rings is 2. The third-order valence-electron chi connectivity index (χ3n) is 4.23. The molecule has 2 N–H and O–H groups in total. The summed E-state index contributed by atoms with van der Waals surface area (Å²) < 4.78 is 15.8. The summed E-state index contributed by atoms with van der Waals surface area (Å²) in [6.07, 6.45) is 1.17. The summed E-state index contributed by atoms with van der Waals surface area (Å²) in [5, 5.41) is 9.98. The molecule has 0 radical (unpaired) electrons. The number of rotatable bonds is 7. The van der Waals surface area contributed by atoms with E-state index in [1.807, 2.05) is 32.9 Å². The minimum Gasteiger partial charge on any atom is -0.475 e. The van der Waals surface area contributed by atoms with Crippen LogP contribution in [0.1, 0.15) is 19.5 Å². The maximum Gasteiger partial charge on any atom is 0.407 e. The Kier molecular flexibility index (Phi) is 5.46. The number of carbonyl (C=O) groups excluding carboxylic acids is 1. The van der Waals surface area contributed by atoms with Crippen LogP contribution in [-0.4, -0.2) is 51.5 Å². The van der Waals surface area contributed by atoms with Crippen molar-refractivity contribution in [3.63, 3.8) is 0 Å². The molecule has 1 amide bonds. The molecular weight excluding hydrogens is 388 g/mol. The van der Waals surface area contributed by atoms with Crippen LogP contribution in [0.25, 0.3) is 22.8 Å². The second kappa shape index (κ2) is 8.36. The van der Waals surface area contributed by atoms with Gasteiger partial charge >= 0.3 is 6.09 Å². The minimum absolute atomic E-state index is 0.183. The lowest BCUT2D eigenvalue weighted by atomic mass is 10.2. The fourth-order valence-electron chi connectivity index (χ4n) is 2.92. The van der Waals surface area contributed by atoms with Crippen LogP contribution < -0.4 is 15.4 Å². The predicted molar refractivity (Wildman–Crippen MR) is 108 cm³/mol. The number of nitrogens with one attached hydrogen (secondary N) is 2. The number of anilines is 1. The van der Waals surface area contributed by atoms with Crippen LogP contribution in [0.4, 0.5) is 10.6 Å². The molecule has 0 aliphatic carbocycles. The lowest BCUT2D eigenvalue weighted by Crippen LogP contribution is -2.32. The summed E-state index contributed by atoms with van der Waals surface area (Å²) in [4.78, 5) is 24.2. The lowest BCUT2D eigenvalue weighted by molar-refractivity contribution is 0.174. The maximum atomic E-state index is 11.0. The van der Waals surface area contributed by atoms with Gasteiger partial charge in [-0.1, -0.05) is 5.16 Å². The molecule has 1 fully saturated rings. The molecular formula is C20H22N6O4. The molecule has 1 aliphatic heterocycles. The van der Waals surface area contributed by atoms with Crippen molar-refractivity contribution in [3.05, 3.63) is 36.2 Å². The number of amides is 1. The van der Waals surface area contributed by atoms with Crippen LogP contribution in [0, 0.1) is 6.92 Å². The van der Waals surface area contributed by atoms with Crippen molar-refractivity contribution in [2.24, 2.45) is 0 Å². The van der Waals surface area contributed by atoms with Crippen LogP contribution >= 0.6 is 0 Å². The number of aromatic nitrogens is 4. The quantitative estimate of drug-likeness (QED) is 0.605. The van der Waals surface area contributed by atoms with Gasteiger partial charge in [-0.25, -0.2) is 14.8 Å². The van der Waals surface area contributed by atoms with Gasteiger partial charge in [0.1, 0.15) is 25.1 Å². The predicted octanol–water partition coefficient (Wildman–Crippen LogP) is 2.81. The molecule has 0 spiro atoms. The Labute approximate surface area is 173 Å². The highest BCUT2D eigenvalue weighted by atomic mass is 16.6. The summed E-state index contributed by atoms with van der Waals surface area (Å²) in [5.74, 6) is 2.01. The molecule has 0 saturated carbocycles. The Morgan fingerprint density at radius 2 is 2.13 bits per heavy atom. The fourth-order valence-corrected chi connectivity index (χ4v) is 2.92. The van der Waals surface area contributed by atoms with E-state index in [0.29, 0.717) is 23.2 Å². The molecule has 3 aromatic rings. The van der Waals surface area contributed by atoms with Crippen molar-refractivity contribution in [2.75, 3.05) is 18.5 Å². The van der Waals surface area contributed by atoms with Crippen molar-refractivity contribution in [1.29, 1.82) is 0 Å². The van der Waals surface area contributed by atoms with E-state index in [1.165, 1.54) is 0 Å². The van der Waals surface area contributed by atoms with Crippen LogP contribution in [-0.2, 0) is 4.74 Å². The topological polar surface area (TPSA) is 124 Å². The Hall–Kier alpha value is -3.69. The van der Waals surface area contributed by atoms with E-state index < -0.39 is 6.09 Å². The largest absolute Gasteiger partial charge is 0.475 e. The van der Waals surface area contributed by atoms with Crippen molar-refractivity contribution >= 4 is 11.9 Å². The van der Waals surface area contributed by atoms with E-state index in [2.05, 4.69) is 30.7 Å². The van der Waals surface area contributed by atoms with Gasteiger partial charge in [0, 0.05) is 35.1 Å². The van der Waals surface area contributed by atoms with Gasteiger partial charge in [0.25, 0.3) is 5.89 Å². The highest BCUT2D eigenvalue weighted by molar-refractivity contribution is 5.69. The SMILES string of the molecule is Cc1cc(-c2nc(-c3ccc(OC[C@H]4COC(=O)N4)nc3)no2)cc(NC(C)C)n1. The number of hydrogen-bond donors (Lipinski definition) is 2. The molecule has 1 atom stereocenters. The molecule has 1 saturated heterocycles. The van der Waals surface area contributed by atoms with Gasteiger partial charge in [-0.15, -0.1) is 0 Å². The molecule has 0 unspecified atom stereocenters. The maximum absolute atomic E-state index is 11.0. The van der Waals surface area contributed by atoms with E-state index in [9.17, 15) is 4.79 Å². The Morgan fingerprint density at radius 3 is 2.83 bits per heavy atom. The summed E-state index contributed by atoms with van der Waals surface area (Å²) >= 11 is 0. The van der Waals surface area contributed by atoms with Crippen LogP contribution in [0.15, 0.2) is 35.0 Å². The standard InChI is InChI=1S/C20H22N6O4/c1-11(2)22-16-7-14(6-12(3)23-16)19-25-18(26-30-19)13-4-5-17(21-8-13)28-9-15-10-29-20(27)24-15/h4-8,11,15H,9-10H2,1-3H3,(H,22,23)(H,24,27)/t15-/m0/s1. The normalized spacial score (nSPS) is 15.7. The Morgan fingerprint density at radius 1 is 1.27 bits per heavy atom. The average Bonchev–Trinajstić information content (AvgIpc) is 3.35. The lowest BCUT2D eigenvalue weighted by Gasteiger charge is -2.10. The van der Waals surface area contributed by atoms with E-state index in [4.69, 9.17) is 14.0 Å². The van der Waals surface area contributed by atoms with E-state index in [0.717, 1.165) is 17.1 Å². The van der Waals surface area contributed by atoms with Gasteiger partial charge in [0.05, 0.1) is 0 Å². The zero-order valence-corrected chi connectivity index (χ0v) is 16.9. The number of ether oxygens (including phenoxy) is 2.